The Morgan fingerprint density at radius 2 is 1.89 bits per heavy atom. The molecule has 1 aliphatic heterocycles. The number of halogens is 1. The predicted molar refractivity (Wildman–Crippen MR) is 113 cm³/mol. The molecule has 1 fully saturated rings. The molecule has 0 saturated carbocycles. The van der Waals surface area contributed by atoms with Crippen molar-refractivity contribution in [1.29, 1.82) is 0 Å². The Bertz CT molecular complexity index is 1050. The van der Waals surface area contributed by atoms with Gasteiger partial charge in [0.25, 0.3) is 5.91 Å². The molecule has 7 heteroatoms. The lowest BCUT2D eigenvalue weighted by molar-refractivity contribution is 0.100. The summed E-state index contributed by atoms with van der Waals surface area (Å²) in [7, 11) is 0. The van der Waals surface area contributed by atoms with Crippen LogP contribution in [0.5, 0.6) is 0 Å². The SMILES string of the molecule is Cl.NC(=O)c1c2c(c(N3CCC(CO)CC3)n3c1nc1ccccc13)CCC2. The van der Waals surface area contributed by atoms with Gasteiger partial charge in [0, 0.05) is 19.7 Å². The van der Waals surface area contributed by atoms with E-state index in [1.165, 1.54) is 11.4 Å². The van der Waals surface area contributed by atoms with Crippen LogP contribution in [0, 0.1) is 5.92 Å². The van der Waals surface area contributed by atoms with Gasteiger partial charge >= 0.3 is 0 Å². The molecule has 3 heterocycles. The average molecular weight is 401 g/mol. The number of pyridine rings is 1. The largest absolute Gasteiger partial charge is 0.396 e. The summed E-state index contributed by atoms with van der Waals surface area (Å²) in [5.74, 6) is 1.17. The van der Waals surface area contributed by atoms with Gasteiger partial charge in [-0.2, -0.15) is 0 Å². The summed E-state index contributed by atoms with van der Waals surface area (Å²) < 4.78 is 2.15. The summed E-state index contributed by atoms with van der Waals surface area (Å²) >= 11 is 0. The van der Waals surface area contributed by atoms with Crippen molar-refractivity contribution in [2.45, 2.75) is 32.1 Å². The highest BCUT2D eigenvalue weighted by Crippen LogP contribution is 2.39. The number of carbonyl (C=O) groups is 1. The van der Waals surface area contributed by atoms with E-state index in [0.717, 1.165) is 61.8 Å². The first-order valence-corrected chi connectivity index (χ1v) is 9.79. The van der Waals surface area contributed by atoms with Crippen molar-refractivity contribution in [2.24, 2.45) is 11.7 Å². The van der Waals surface area contributed by atoms with Gasteiger partial charge in [0.1, 0.15) is 5.82 Å². The highest BCUT2D eigenvalue weighted by atomic mass is 35.5. The van der Waals surface area contributed by atoms with Crippen molar-refractivity contribution in [2.75, 3.05) is 24.6 Å². The number of piperidine rings is 1. The van der Waals surface area contributed by atoms with Gasteiger partial charge in [0.2, 0.25) is 0 Å². The molecule has 2 aromatic heterocycles. The van der Waals surface area contributed by atoms with E-state index in [1.54, 1.807) is 0 Å². The minimum atomic E-state index is -0.390. The quantitative estimate of drug-likeness (QED) is 0.708. The predicted octanol–water partition coefficient (Wildman–Crippen LogP) is 2.71. The Labute approximate surface area is 169 Å². The molecule has 0 bridgehead atoms. The minimum Gasteiger partial charge on any atom is -0.396 e. The zero-order valence-corrected chi connectivity index (χ0v) is 16.5. The van der Waals surface area contributed by atoms with Crippen LogP contribution in [-0.2, 0) is 12.8 Å². The molecule has 5 rings (SSSR count). The third-order valence-electron chi connectivity index (χ3n) is 6.20. The molecule has 1 amide bonds. The van der Waals surface area contributed by atoms with Crippen LogP contribution in [0.15, 0.2) is 24.3 Å². The van der Waals surface area contributed by atoms with Gasteiger partial charge in [-0.3, -0.25) is 9.20 Å². The molecule has 28 heavy (non-hydrogen) atoms. The number of aliphatic hydroxyl groups excluding tert-OH is 1. The van der Waals surface area contributed by atoms with Crippen molar-refractivity contribution in [3.63, 3.8) is 0 Å². The zero-order chi connectivity index (χ0) is 18.5. The second-order valence-electron chi connectivity index (χ2n) is 7.75. The number of aromatic nitrogens is 2. The van der Waals surface area contributed by atoms with Gasteiger partial charge in [0.05, 0.1) is 16.6 Å². The van der Waals surface area contributed by atoms with E-state index in [4.69, 9.17) is 10.7 Å². The highest BCUT2D eigenvalue weighted by molar-refractivity contribution is 6.03. The summed E-state index contributed by atoms with van der Waals surface area (Å²) in [4.78, 5) is 19.6. The van der Waals surface area contributed by atoms with Crippen LogP contribution in [-0.4, -0.2) is 40.1 Å². The summed E-state index contributed by atoms with van der Waals surface area (Å²) in [6, 6.07) is 8.03. The number of carbonyl (C=O) groups excluding carboxylic acids is 1. The summed E-state index contributed by atoms with van der Waals surface area (Å²) in [5, 5.41) is 9.50. The number of nitrogens with zero attached hydrogens (tertiary/aromatic N) is 3. The number of rotatable bonds is 3. The number of anilines is 1. The van der Waals surface area contributed by atoms with Crippen LogP contribution in [0.4, 0.5) is 5.82 Å². The van der Waals surface area contributed by atoms with E-state index >= 15 is 0 Å². The maximum absolute atomic E-state index is 12.3. The molecular formula is C21H25ClN4O2. The molecule has 1 aliphatic carbocycles. The van der Waals surface area contributed by atoms with Gasteiger partial charge in [0.15, 0.2) is 5.65 Å². The van der Waals surface area contributed by atoms with E-state index in [2.05, 4.69) is 15.4 Å². The Morgan fingerprint density at radius 1 is 1.18 bits per heavy atom. The molecule has 3 N–H and O–H groups in total. The first-order chi connectivity index (χ1) is 13.2. The number of nitrogens with two attached hydrogens (primary N) is 1. The average Bonchev–Trinajstić information content (AvgIpc) is 3.30. The lowest BCUT2D eigenvalue weighted by Crippen LogP contribution is -2.37. The fraction of sp³-hybridized carbons (Fsp3) is 0.429. The highest BCUT2D eigenvalue weighted by Gasteiger charge is 2.31. The van der Waals surface area contributed by atoms with Crippen molar-refractivity contribution < 1.29 is 9.90 Å². The third-order valence-corrected chi connectivity index (χ3v) is 6.20. The Morgan fingerprint density at radius 3 is 2.61 bits per heavy atom. The van der Waals surface area contributed by atoms with Crippen LogP contribution >= 0.6 is 12.4 Å². The maximum atomic E-state index is 12.3. The van der Waals surface area contributed by atoms with Crippen LogP contribution < -0.4 is 10.6 Å². The monoisotopic (exact) mass is 400 g/mol. The molecular weight excluding hydrogens is 376 g/mol. The van der Waals surface area contributed by atoms with Crippen molar-refractivity contribution in [3.8, 4) is 0 Å². The molecule has 0 radical (unpaired) electrons. The van der Waals surface area contributed by atoms with E-state index in [1.807, 2.05) is 18.2 Å². The first-order valence-electron chi connectivity index (χ1n) is 9.79. The van der Waals surface area contributed by atoms with Crippen molar-refractivity contribution >= 4 is 40.8 Å². The number of aliphatic hydroxyl groups is 1. The normalized spacial score (nSPS) is 17.1. The number of hydrogen-bond acceptors (Lipinski definition) is 4. The Kier molecular flexibility index (Phi) is 4.93. The minimum absolute atomic E-state index is 0. The van der Waals surface area contributed by atoms with Crippen molar-refractivity contribution in [3.05, 3.63) is 41.0 Å². The Balaban J connectivity index is 0.00000192. The van der Waals surface area contributed by atoms with Gasteiger partial charge in [-0.1, -0.05) is 12.1 Å². The number of benzene rings is 1. The van der Waals surface area contributed by atoms with Crippen molar-refractivity contribution in [1.82, 2.24) is 9.38 Å². The molecule has 148 valence electrons. The van der Waals surface area contributed by atoms with Gasteiger partial charge in [-0.25, -0.2) is 4.98 Å². The number of primary amides is 1. The summed E-state index contributed by atoms with van der Waals surface area (Å²) in [5.41, 5.74) is 11.3. The topological polar surface area (TPSA) is 83.9 Å². The molecule has 6 nitrogen and oxygen atoms in total. The van der Waals surface area contributed by atoms with Gasteiger partial charge in [-0.15, -0.1) is 12.4 Å². The molecule has 0 atom stereocenters. The van der Waals surface area contributed by atoms with E-state index < -0.39 is 0 Å². The van der Waals surface area contributed by atoms with Crippen LogP contribution in [0.25, 0.3) is 16.7 Å². The summed E-state index contributed by atoms with van der Waals surface area (Å²) in [6.07, 6.45) is 4.86. The summed E-state index contributed by atoms with van der Waals surface area (Å²) in [6.45, 7) is 2.08. The number of para-hydroxylation sites is 2. The molecule has 1 aromatic carbocycles. The molecule has 0 spiro atoms. The second kappa shape index (κ2) is 7.26. The zero-order valence-electron chi connectivity index (χ0n) is 15.7. The maximum Gasteiger partial charge on any atom is 0.252 e. The number of fused-ring (bicyclic) bond motifs is 4. The Hall–Kier alpha value is -2.31. The number of amides is 1. The van der Waals surface area contributed by atoms with E-state index in [9.17, 15) is 9.90 Å². The first kappa shape index (κ1) is 19.0. The fourth-order valence-electron chi connectivity index (χ4n) is 4.86. The molecule has 3 aromatic rings. The fourth-order valence-corrected chi connectivity index (χ4v) is 4.86. The smallest absolute Gasteiger partial charge is 0.252 e. The molecule has 2 aliphatic rings. The third kappa shape index (κ3) is 2.74. The second-order valence-corrected chi connectivity index (χ2v) is 7.75. The van der Waals surface area contributed by atoms with Crippen LogP contribution in [0.1, 0.15) is 40.7 Å². The molecule has 0 unspecified atom stereocenters. The lowest BCUT2D eigenvalue weighted by atomic mass is 9.96. The lowest BCUT2D eigenvalue weighted by Gasteiger charge is -2.35. The van der Waals surface area contributed by atoms with Gasteiger partial charge < -0.3 is 15.7 Å². The standard InChI is InChI=1S/C21H24N4O2.ClH/c22-19(27)18-14-4-3-5-15(14)21(24-10-8-13(12-26)9-11-24)25-17-7-2-1-6-16(17)23-20(18)25;/h1-2,6-7,13,26H,3-5,8-12H2,(H2,22,27);1H. The van der Waals surface area contributed by atoms with Crippen LogP contribution in [0.2, 0.25) is 0 Å². The van der Waals surface area contributed by atoms with E-state index in [0.29, 0.717) is 17.1 Å². The van der Waals surface area contributed by atoms with Gasteiger partial charge in [-0.05, 0) is 61.3 Å². The van der Waals surface area contributed by atoms with E-state index in [-0.39, 0.29) is 24.9 Å². The van der Waals surface area contributed by atoms with Crippen LogP contribution in [0.3, 0.4) is 0 Å². The molecule has 1 saturated heterocycles. The number of hydrogen-bond donors (Lipinski definition) is 2. The number of imidazole rings is 1.